The fraction of sp³-hybridized carbons (Fsp3) is 0.923. The molecule has 0 radical (unpaired) electrons. The van der Waals surface area contributed by atoms with E-state index in [-0.39, 0.29) is 18.0 Å². The van der Waals surface area contributed by atoms with E-state index in [0.29, 0.717) is 19.4 Å². The molecule has 0 spiro atoms. The monoisotopic (exact) mass is 426 g/mol. The van der Waals surface area contributed by atoms with Crippen molar-refractivity contribution < 1.29 is 19.1 Å². The van der Waals surface area contributed by atoms with Gasteiger partial charge in [-0.2, -0.15) is 0 Å². The molecule has 0 aliphatic heterocycles. The molecular formula is C26H50O4. The van der Waals surface area contributed by atoms with Gasteiger partial charge in [0.2, 0.25) is 0 Å². The third-order valence-corrected chi connectivity index (χ3v) is 5.55. The highest BCUT2D eigenvalue weighted by Gasteiger charge is 2.09. The summed E-state index contributed by atoms with van der Waals surface area (Å²) < 4.78 is 10.6. The Hall–Kier alpha value is -1.06. The summed E-state index contributed by atoms with van der Waals surface area (Å²) in [5.74, 6) is -0.220. The van der Waals surface area contributed by atoms with Gasteiger partial charge in [-0.1, -0.05) is 97.3 Å². The number of hydrogen-bond donors (Lipinski definition) is 0. The predicted molar refractivity (Wildman–Crippen MR) is 126 cm³/mol. The number of carbonyl (C=O) groups excluding carboxylic acids is 2. The first-order valence-electron chi connectivity index (χ1n) is 12.9. The Labute approximate surface area is 186 Å². The van der Waals surface area contributed by atoms with Crippen LogP contribution in [0, 0.1) is 0 Å². The Morgan fingerprint density at radius 2 is 1.07 bits per heavy atom. The molecule has 0 aliphatic rings. The standard InChI is InChI=1S/C26H50O4/c1-4-6-7-8-9-10-11-12-13-14-15-19-23-29-25(27)21-17-16-18-22-26(28)30-24(3)20-5-2/h24H,4-23H2,1-3H3. The van der Waals surface area contributed by atoms with Crippen molar-refractivity contribution in [3.05, 3.63) is 0 Å². The second-order valence-corrected chi connectivity index (χ2v) is 8.76. The molecule has 4 heteroatoms. The predicted octanol–water partition coefficient (Wildman–Crippen LogP) is 7.91. The fourth-order valence-electron chi connectivity index (χ4n) is 3.67. The average Bonchev–Trinajstić information content (AvgIpc) is 2.71. The number of ether oxygens (including phenoxy) is 2. The van der Waals surface area contributed by atoms with E-state index in [1.165, 1.54) is 64.2 Å². The maximum absolute atomic E-state index is 11.7. The van der Waals surface area contributed by atoms with Crippen LogP contribution in [0.2, 0.25) is 0 Å². The zero-order valence-corrected chi connectivity index (χ0v) is 20.4. The number of hydrogen-bond acceptors (Lipinski definition) is 4. The van der Waals surface area contributed by atoms with E-state index in [1.807, 2.05) is 6.92 Å². The molecule has 0 aromatic carbocycles. The Morgan fingerprint density at radius 3 is 1.60 bits per heavy atom. The van der Waals surface area contributed by atoms with Crippen molar-refractivity contribution >= 4 is 11.9 Å². The summed E-state index contributed by atoms with van der Waals surface area (Å²) >= 11 is 0. The van der Waals surface area contributed by atoms with E-state index in [9.17, 15) is 9.59 Å². The number of esters is 2. The Kier molecular flexibility index (Phi) is 21.8. The molecule has 1 atom stereocenters. The van der Waals surface area contributed by atoms with Gasteiger partial charge >= 0.3 is 11.9 Å². The molecule has 4 nitrogen and oxygen atoms in total. The molecule has 0 saturated heterocycles. The third kappa shape index (κ3) is 21.6. The molecule has 0 amide bonds. The Bertz CT molecular complexity index is 394. The van der Waals surface area contributed by atoms with E-state index in [2.05, 4.69) is 13.8 Å². The minimum atomic E-state index is -0.120. The van der Waals surface area contributed by atoms with Gasteiger partial charge in [-0.25, -0.2) is 0 Å². The summed E-state index contributed by atoms with van der Waals surface area (Å²) in [6.45, 7) is 6.84. The first-order chi connectivity index (χ1) is 14.6. The van der Waals surface area contributed by atoms with Crippen molar-refractivity contribution in [2.45, 2.75) is 149 Å². The van der Waals surface area contributed by atoms with E-state index in [1.54, 1.807) is 0 Å². The fourth-order valence-corrected chi connectivity index (χ4v) is 3.67. The van der Waals surface area contributed by atoms with Crippen LogP contribution < -0.4 is 0 Å². The Morgan fingerprint density at radius 1 is 0.600 bits per heavy atom. The zero-order valence-electron chi connectivity index (χ0n) is 20.4. The summed E-state index contributed by atoms with van der Waals surface area (Å²) in [4.78, 5) is 23.4. The van der Waals surface area contributed by atoms with Crippen molar-refractivity contribution in [3.8, 4) is 0 Å². The van der Waals surface area contributed by atoms with Crippen LogP contribution in [0.4, 0.5) is 0 Å². The molecule has 0 heterocycles. The van der Waals surface area contributed by atoms with Crippen LogP contribution >= 0.6 is 0 Å². The summed E-state index contributed by atoms with van der Waals surface area (Å²) in [6.07, 6.45) is 21.0. The smallest absolute Gasteiger partial charge is 0.306 e. The summed E-state index contributed by atoms with van der Waals surface area (Å²) in [5.41, 5.74) is 0. The first kappa shape index (κ1) is 28.9. The van der Waals surface area contributed by atoms with Crippen molar-refractivity contribution in [2.24, 2.45) is 0 Å². The van der Waals surface area contributed by atoms with Gasteiger partial charge < -0.3 is 9.47 Å². The molecule has 178 valence electrons. The Balaban J connectivity index is 3.30. The van der Waals surface area contributed by atoms with E-state index >= 15 is 0 Å². The van der Waals surface area contributed by atoms with Crippen molar-refractivity contribution in [2.75, 3.05) is 6.61 Å². The van der Waals surface area contributed by atoms with Gasteiger partial charge in [-0.15, -0.1) is 0 Å². The van der Waals surface area contributed by atoms with Crippen molar-refractivity contribution in [1.82, 2.24) is 0 Å². The van der Waals surface area contributed by atoms with Crippen LogP contribution in [-0.2, 0) is 19.1 Å². The normalized spacial score (nSPS) is 12.0. The lowest BCUT2D eigenvalue weighted by Gasteiger charge is -2.11. The largest absolute Gasteiger partial charge is 0.466 e. The lowest BCUT2D eigenvalue weighted by Crippen LogP contribution is -2.14. The van der Waals surface area contributed by atoms with E-state index in [0.717, 1.165) is 44.9 Å². The van der Waals surface area contributed by atoms with Crippen LogP contribution in [0.15, 0.2) is 0 Å². The average molecular weight is 427 g/mol. The van der Waals surface area contributed by atoms with Crippen molar-refractivity contribution in [3.63, 3.8) is 0 Å². The summed E-state index contributed by atoms with van der Waals surface area (Å²) in [5, 5.41) is 0. The molecule has 1 unspecified atom stereocenters. The highest BCUT2D eigenvalue weighted by atomic mass is 16.5. The molecule has 0 bridgehead atoms. The molecule has 30 heavy (non-hydrogen) atoms. The quantitative estimate of drug-likeness (QED) is 0.130. The molecule has 0 aliphatic carbocycles. The zero-order chi connectivity index (χ0) is 22.3. The number of rotatable bonds is 22. The highest BCUT2D eigenvalue weighted by molar-refractivity contribution is 5.70. The van der Waals surface area contributed by atoms with Gasteiger partial charge in [-0.05, 0) is 32.6 Å². The molecule has 0 N–H and O–H groups in total. The summed E-state index contributed by atoms with van der Waals surface area (Å²) in [6, 6.07) is 0. The lowest BCUT2D eigenvalue weighted by atomic mass is 10.1. The minimum Gasteiger partial charge on any atom is -0.466 e. The maximum atomic E-state index is 11.7. The molecule has 0 rings (SSSR count). The van der Waals surface area contributed by atoms with E-state index in [4.69, 9.17) is 9.47 Å². The second-order valence-electron chi connectivity index (χ2n) is 8.76. The number of carbonyl (C=O) groups is 2. The molecular weight excluding hydrogens is 376 g/mol. The second kappa shape index (κ2) is 22.6. The van der Waals surface area contributed by atoms with Gasteiger partial charge in [-0.3, -0.25) is 9.59 Å². The van der Waals surface area contributed by atoms with Gasteiger partial charge in [0.05, 0.1) is 12.7 Å². The van der Waals surface area contributed by atoms with Crippen LogP contribution in [0.25, 0.3) is 0 Å². The topological polar surface area (TPSA) is 52.6 Å². The van der Waals surface area contributed by atoms with Gasteiger partial charge in [0, 0.05) is 12.8 Å². The van der Waals surface area contributed by atoms with E-state index < -0.39 is 0 Å². The van der Waals surface area contributed by atoms with Crippen LogP contribution in [0.3, 0.4) is 0 Å². The summed E-state index contributed by atoms with van der Waals surface area (Å²) in [7, 11) is 0. The first-order valence-corrected chi connectivity index (χ1v) is 12.9. The van der Waals surface area contributed by atoms with Gasteiger partial charge in [0.25, 0.3) is 0 Å². The molecule has 0 saturated carbocycles. The molecule has 0 fully saturated rings. The highest BCUT2D eigenvalue weighted by Crippen LogP contribution is 2.12. The van der Waals surface area contributed by atoms with Gasteiger partial charge in [0.1, 0.15) is 0 Å². The number of unbranched alkanes of at least 4 members (excludes halogenated alkanes) is 13. The lowest BCUT2D eigenvalue weighted by molar-refractivity contribution is -0.148. The van der Waals surface area contributed by atoms with Crippen LogP contribution in [-0.4, -0.2) is 24.6 Å². The maximum Gasteiger partial charge on any atom is 0.306 e. The third-order valence-electron chi connectivity index (χ3n) is 5.55. The SMILES string of the molecule is CCCCCCCCCCCCCCOC(=O)CCCCCC(=O)OC(C)CCC. The molecule has 0 aromatic heterocycles. The molecule has 0 aromatic rings. The van der Waals surface area contributed by atoms with Gasteiger partial charge in [0.15, 0.2) is 0 Å². The van der Waals surface area contributed by atoms with Crippen LogP contribution in [0.1, 0.15) is 143 Å². The van der Waals surface area contributed by atoms with Crippen LogP contribution in [0.5, 0.6) is 0 Å². The van der Waals surface area contributed by atoms with Crippen molar-refractivity contribution in [1.29, 1.82) is 0 Å². The minimum absolute atomic E-state index is 0.0119.